The van der Waals surface area contributed by atoms with Crippen LogP contribution in [0.1, 0.15) is 24.6 Å². The molecule has 0 bridgehead atoms. The molecule has 0 saturated carbocycles. The van der Waals surface area contributed by atoms with Crippen molar-refractivity contribution in [2.45, 2.75) is 25.2 Å². The van der Waals surface area contributed by atoms with Gasteiger partial charge in [-0.1, -0.05) is 0 Å². The number of piperidine rings is 1. The van der Waals surface area contributed by atoms with E-state index >= 15 is 0 Å². The molecule has 1 saturated heterocycles. The van der Waals surface area contributed by atoms with Crippen LogP contribution in [0, 0.1) is 5.82 Å². The van der Waals surface area contributed by atoms with E-state index in [0.717, 1.165) is 19.0 Å². The molecule has 100 valence electrons. The summed E-state index contributed by atoms with van der Waals surface area (Å²) >= 11 is 0. The van der Waals surface area contributed by atoms with Gasteiger partial charge in [0.1, 0.15) is 5.82 Å². The van der Waals surface area contributed by atoms with Gasteiger partial charge in [-0.3, -0.25) is 4.90 Å². The number of nitrogen functional groups attached to an aromatic ring is 1. The van der Waals surface area contributed by atoms with Crippen molar-refractivity contribution in [1.82, 2.24) is 14.9 Å². The van der Waals surface area contributed by atoms with Crippen LogP contribution < -0.4 is 5.73 Å². The van der Waals surface area contributed by atoms with E-state index in [2.05, 4.69) is 9.97 Å². The Morgan fingerprint density at radius 3 is 2.94 bits per heavy atom. The fraction of sp³-hybridized carbons (Fsp3) is 0.636. The molecule has 1 atom stereocenters. The van der Waals surface area contributed by atoms with Gasteiger partial charge in [0, 0.05) is 12.5 Å². The Morgan fingerprint density at radius 2 is 2.28 bits per heavy atom. The fourth-order valence-electron chi connectivity index (χ4n) is 2.22. The highest BCUT2D eigenvalue weighted by Crippen LogP contribution is 2.25. The van der Waals surface area contributed by atoms with Gasteiger partial charge in [0.2, 0.25) is 0 Å². The van der Waals surface area contributed by atoms with Crippen molar-refractivity contribution in [2.75, 3.05) is 25.4 Å². The summed E-state index contributed by atoms with van der Waals surface area (Å²) in [7, 11) is 0. The summed E-state index contributed by atoms with van der Waals surface area (Å²) in [6.45, 7) is 0.875. The molecule has 7 heteroatoms. The van der Waals surface area contributed by atoms with Crippen molar-refractivity contribution in [3.05, 3.63) is 17.8 Å². The largest absolute Gasteiger partial charge is 0.381 e. The minimum atomic E-state index is -2.34. The second-order valence-corrected chi connectivity index (χ2v) is 4.45. The van der Waals surface area contributed by atoms with Crippen molar-refractivity contribution in [1.29, 1.82) is 0 Å². The van der Waals surface area contributed by atoms with Crippen LogP contribution in [0.4, 0.5) is 19.0 Å². The van der Waals surface area contributed by atoms with E-state index in [1.807, 2.05) is 0 Å². The van der Waals surface area contributed by atoms with Crippen LogP contribution in [0.2, 0.25) is 0 Å². The van der Waals surface area contributed by atoms with E-state index < -0.39 is 12.2 Å². The number of hydrogen-bond acceptors (Lipinski definition) is 4. The summed E-state index contributed by atoms with van der Waals surface area (Å²) in [5.74, 6) is -0.460. The lowest BCUT2D eigenvalue weighted by molar-refractivity contribution is 0.0731. The van der Waals surface area contributed by atoms with Crippen LogP contribution in [0.5, 0.6) is 0 Å². The average molecular weight is 260 g/mol. The van der Waals surface area contributed by atoms with Crippen LogP contribution in [0.3, 0.4) is 0 Å². The lowest BCUT2D eigenvalue weighted by Gasteiger charge is -2.31. The van der Waals surface area contributed by atoms with Gasteiger partial charge in [-0.25, -0.2) is 23.1 Å². The molecule has 1 aromatic heterocycles. The number of aromatic nitrogens is 2. The van der Waals surface area contributed by atoms with Gasteiger partial charge in [-0.2, -0.15) is 0 Å². The second kappa shape index (κ2) is 5.51. The summed E-state index contributed by atoms with van der Waals surface area (Å²) in [4.78, 5) is 9.47. The Labute approximate surface area is 103 Å². The second-order valence-electron chi connectivity index (χ2n) is 4.45. The van der Waals surface area contributed by atoms with Gasteiger partial charge in [-0.15, -0.1) is 0 Å². The molecule has 1 fully saturated rings. The van der Waals surface area contributed by atoms with Crippen molar-refractivity contribution in [3.63, 3.8) is 0 Å². The van der Waals surface area contributed by atoms with Gasteiger partial charge in [0.05, 0.1) is 12.7 Å². The Hall–Kier alpha value is -1.37. The molecule has 0 aliphatic carbocycles. The molecule has 1 unspecified atom stereocenters. The third kappa shape index (κ3) is 3.10. The minimum absolute atomic E-state index is 0.0552. The molecular weight excluding hydrogens is 245 g/mol. The molecule has 2 N–H and O–H groups in total. The highest BCUT2D eigenvalue weighted by molar-refractivity contribution is 5.28. The first-order valence-corrected chi connectivity index (χ1v) is 5.84. The molecule has 1 aromatic rings. The van der Waals surface area contributed by atoms with Crippen molar-refractivity contribution in [2.24, 2.45) is 0 Å². The van der Waals surface area contributed by atoms with Gasteiger partial charge < -0.3 is 5.73 Å². The first kappa shape index (κ1) is 13.1. The molecule has 18 heavy (non-hydrogen) atoms. The SMILES string of the molecule is Nc1nc(C2CCCN(CC(F)F)C2)ncc1F. The Balaban J connectivity index is 2.05. The summed E-state index contributed by atoms with van der Waals surface area (Å²) in [5, 5.41) is 0. The maximum Gasteiger partial charge on any atom is 0.251 e. The molecule has 0 radical (unpaired) electrons. The predicted octanol–water partition coefficient (Wildman–Crippen LogP) is 1.64. The zero-order chi connectivity index (χ0) is 13.1. The zero-order valence-corrected chi connectivity index (χ0v) is 9.82. The van der Waals surface area contributed by atoms with Gasteiger partial charge >= 0.3 is 0 Å². The molecule has 0 aromatic carbocycles. The van der Waals surface area contributed by atoms with E-state index in [0.29, 0.717) is 18.9 Å². The number of rotatable bonds is 3. The number of nitrogens with zero attached hydrogens (tertiary/aromatic N) is 3. The zero-order valence-electron chi connectivity index (χ0n) is 9.82. The number of likely N-dealkylation sites (tertiary alicyclic amines) is 1. The molecule has 0 spiro atoms. The molecule has 2 heterocycles. The maximum atomic E-state index is 13.0. The summed E-state index contributed by atoms with van der Waals surface area (Å²) in [6, 6.07) is 0. The van der Waals surface area contributed by atoms with Gasteiger partial charge in [0.25, 0.3) is 6.43 Å². The van der Waals surface area contributed by atoms with Crippen LogP contribution >= 0.6 is 0 Å². The molecule has 1 aliphatic rings. The summed E-state index contributed by atoms with van der Waals surface area (Å²) < 4.78 is 37.6. The third-order valence-corrected chi connectivity index (χ3v) is 3.06. The first-order chi connectivity index (χ1) is 8.56. The van der Waals surface area contributed by atoms with E-state index in [9.17, 15) is 13.2 Å². The van der Waals surface area contributed by atoms with Gasteiger partial charge in [0.15, 0.2) is 11.6 Å². The maximum absolute atomic E-state index is 13.0. The minimum Gasteiger partial charge on any atom is -0.381 e. The van der Waals surface area contributed by atoms with Crippen LogP contribution in [0.25, 0.3) is 0 Å². The quantitative estimate of drug-likeness (QED) is 0.897. The summed E-state index contributed by atoms with van der Waals surface area (Å²) in [6.07, 6.45) is 0.301. The number of alkyl halides is 2. The monoisotopic (exact) mass is 260 g/mol. The predicted molar refractivity (Wildman–Crippen MR) is 60.8 cm³/mol. The molecule has 4 nitrogen and oxygen atoms in total. The molecule has 0 amide bonds. The molecule has 1 aliphatic heterocycles. The number of hydrogen-bond donors (Lipinski definition) is 1. The Morgan fingerprint density at radius 1 is 1.50 bits per heavy atom. The summed E-state index contributed by atoms with van der Waals surface area (Å²) in [5.41, 5.74) is 5.38. The van der Waals surface area contributed by atoms with E-state index in [1.54, 1.807) is 4.90 Å². The fourth-order valence-corrected chi connectivity index (χ4v) is 2.22. The number of nitrogens with two attached hydrogens (primary N) is 1. The van der Waals surface area contributed by atoms with Crippen molar-refractivity contribution >= 4 is 5.82 Å². The smallest absolute Gasteiger partial charge is 0.251 e. The normalized spacial score (nSPS) is 21.4. The van der Waals surface area contributed by atoms with Gasteiger partial charge in [-0.05, 0) is 19.4 Å². The standard InChI is InChI=1S/C11H15F3N4/c12-8-4-16-11(17-10(8)15)7-2-1-3-18(5-7)6-9(13)14/h4,7,9H,1-3,5-6H2,(H2,15,16,17). The Bertz CT molecular complexity index is 413. The van der Waals surface area contributed by atoms with Crippen LogP contribution in [-0.2, 0) is 0 Å². The molecule has 2 rings (SSSR count). The average Bonchev–Trinajstić information content (AvgIpc) is 2.32. The third-order valence-electron chi connectivity index (χ3n) is 3.06. The van der Waals surface area contributed by atoms with E-state index in [1.165, 1.54) is 0 Å². The van der Waals surface area contributed by atoms with Crippen LogP contribution in [-0.4, -0.2) is 40.9 Å². The first-order valence-electron chi connectivity index (χ1n) is 5.84. The van der Waals surface area contributed by atoms with Crippen molar-refractivity contribution < 1.29 is 13.2 Å². The topological polar surface area (TPSA) is 55.0 Å². The number of halogens is 3. The van der Waals surface area contributed by atoms with E-state index in [4.69, 9.17) is 5.73 Å². The highest BCUT2D eigenvalue weighted by Gasteiger charge is 2.25. The number of anilines is 1. The lowest BCUT2D eigenvalue weighted by Crippen LogP contribution is -2.38. The highest BCUT2D eigenvalue weighted by atomic mass is 19.3. The van der Waals surface area contributed by atoms with Crippen molar-refractivity contribution in [3.8, 4) is 0 Å². The lowest BCUT2D eigenvalue weighted by atomic mass is 9.97. The Kier molecular flexibility index (Phi) is 4.00. The van der Waals surface area contributed by atoms with Crippen LogP contribution in [0.15, 0.2) is 6.20 Å². The van der Waals surface area contributed by atoms with E-state index in [-0.39, 0.29) is 18.3 Å². The molecular formula is C11H15F3N4.